The minimum Gasteiger partial charge on any atom is -0.456 e. The van der Waals surface area contributed by atoms with Gasteiger partial charge in [-0.2, -0.15) is 0 Å². The molecule has 1 aliphatic carbocycles. The van der Waals surface area contributed by atoms with Crippen LogP contribution in [0.1, 0.15) is 18.7 Å². The summed E-state index contributed by atoms with van der Waals surface area (Å²) in [5, 5.41) is 6.50. The molecule has 5 heteroatoms. The zero-order valence-corrected chi connectivity index (χ0v) is 25.9. The molecule has 0 bridgehead atoms. The first-order chi connectivity index (χ1) is 23.7. The van der Waals surface area contributed by atoms with Gasteiger partial charge in [0.25, 0.3) is 0 Å². The molecule has 0 unspecified atom stereocenters. The third kappa shape index (κ3) is 4.36. The number of aromatic nitrogens is 3. The van der Waals surface area contributed by atoms with Gasteiger partial charge in [-0.3, -0.25) is 0 Å². The molecule has 10 rings (SSSR count). The van der Waals surface area contributed by atoms with Gasteiger partial charge in [0.15, 0.2) is 17.5 Å². The highest BCUT2D eigenvalue weighted by Gasteiger charge is 2.21. The van der Waals surface area contributed by atoms with Crippen molar-refractivity contribution in [2.45, 2.75) is 12.8 Å². The third-order valence-corrected chi connectivity index (χ3v) is 9.33. The van der Waals surface area contributed by atoms with Crippen LogP contribution < -0.4 is 0 Å². The second kappa shape index (κ2) is 10.6. The lowest BCUT2D eigenvalue weighted by atomic mass is 9.97. The van der Waals surface area contributed by atoms with Gasteiger partial charge in [0, 0.05) is 38.2 Å². The van der Waals surface area contributed by atoms with Crippen molar-refractivity contribution in [1.82, 2.24) is 15.0 Å². The highest BCUT2D eigenvalue weighted by molar-refractivity contribution is 6.13. The fourth-order valence-corrected chi connectivity index (χ4v) is 6.97. The molecular weight excluding hydrogens is 590 g/mol. The van der Waals surface area contributed by atoms with Crippen LogP contribution in [0.2, 0.25) is 0 Å². The minimum atomic E-state index is 0.608. The SMILES string of the molecule is C1=CC(c2nc(-c3ccc4ccccc4c3)nc(-c3cc(-c4ccc5oc6ccccc6c5c4)cc4oc5ccccc5c34)n2)=CCC1. The first kappa shape index (κ1) is 26.8. The Kier molecular flexibility index (Phi) is 5.93. The number of fused-ring (bicyclic) bond motifs is 7. The van der Waals surface area contributed by atoms with Crippen molar-refractivity contribution in [2.24, 2.45) is 0 Å². The predicted octanol–water partition coefficient (Wildman–Crippen LogP) is 11.6. The van der Waals surface area contributed by atoms with Gasteiger partial charge in [-0.05, 0) is 77.2 Å². The van der Waals surface area contributed by atoms with Crippen LogP contribution in [-0.4, -0.2) is 15.0 Å². The molecule has 0 aliphatic heterocycles. The van der Waals surface area contributed by atoms with E-state index >= 15 is 0 Å². The Bertz CT molecular complexity index is 2800. The van der Waals surface area contributed by atoms with Crippen LogP contribution >= 0.6 is 0 Å². The van der Waals surface area contributed by atoms with Crippen molar-refractivity contribution in [1.29, 1.82) is 0 Å². The Morgan fingerprint density at radius 1 is 0.458 bits per heavy atom. The molecule has 0 radical (unpaired) electrons. The number of furan rings is 2. The van der Waals surface area contributed by atoms with E-state index in [1.807, 2.05) is 42.5 Å². The number of hydrogen-bond donors (Lipinski definition) is 0. The normalized spacial score (nSPS) is 13.3. The topological polar surface area (TPSA) is 65.0 Å². The van der Waals surface area contributed by atoms with Crippen molar-refractivity contribution in [3.8, 4) is 33.9 Å². The highest BCUT2D eigenvalue weighted by atomic mass is 16.3. The molecule has 226 valence electrons. The van der Waals surface area contributed by atoms with Crippen LogP contribution in [0.3, 0.4) is 0 Å². The molecule has 3 aromatic heterocycles. The molecule has 1 aliphatic rings. The van der Waals surface area contributed by atoms with Gasteiger partial charge < -0.3 is 8.83 Å². The maximum absolute atomic E-state index is 6.52. The van der Waals surface area contributed by atoms with Crippen molar-refractivity contribution >= 4 is 60.2 Å². The third-order valence-electron chi connectivity index (χ3n) is 9.33. The summed E-state index contributed by atoms with van der Waals surface area (Å²) in [7, 11) is 0. The average Bonchev–Trinajstić information content (AvgIpc) is 3.72. The Hall–Kier alpha value is -6.33. The van der Waals surface area contributed by atoms with Gasteiger partial charge in [-0.25, -0.2) is 15.0 Å². The molecule has 0 atom stereocenters. The minimum absolute atomic E-state index is 0.608. The lowest BCUT2D eigenvalue weighted by molar-refractivity contribution is 0.669. The van der Waals surface area contributed by atoms with Crippen molar-refractivity contribution in [3.05, 3.63) is 145 Å². The highest BCUT2D eigenvalue weighted by Crippen LogP contribution is 2.41. The van der Waals surface area contributed by atoms with Crippen LogP contribution in [0.5, 0.6) is 0 Å². The van der Waals surface area contributed by atoms with Gasteiger partial charge in [0.05, 0.1) is 0 Å². The van der Waals surface area contributed by atoms with Gasteiger partial charge in [-0.1, -0.05) is 97.1 Å². The summed E-state index contributed by atoms with van der Waals surface area (Å²) in [6, 6.07) is 41.8. The Morgan fingerprint density at radius 2 is 1.17 bits per heavy atom. The van der Waals surface area contributed by atoms with Gasteiger partial charge in [0.1, 0.15) is 22.3 Å². The zero-order chi connectivity index (χ0) is 31.6. The van der Waals surface area contributed by atoms with E-state index in [0.717, 1.165) is 89.9 Å². The number of allylic oxidation sites excluding steroid dienone is 4. The summed E-state index contributed by atoms with van der Waals surface area (Å²) in [5.41, 5.74) is 8.26. The van der Waals surface area contributed by atoms with E-state index < -0.39 is 0 Å². The smallest absolute Gasteiger partial charge is 0.164 e. The lowest BCUT2D eigenvalue weighted by Crippen LogP contribution is -2.03. The number of rotatable bonds is 4. The Morgan fingerprint density at radius 3 is 2.04 bits per heavy atom. The number of hydrogen-bond acceptors (Lipinski definition) is 5. The largest absolute Gasteiger partial charge is 0.456 e. The Balaban J connectivity index is 1.24. The summed E-state index contributed by atoms with van der Waals surface area (Å²) in [6.07, 6.45) is 8.49. The molecule has 0 saturated carbocycles. The van der Waals surface area contributed by atoms with Crippen LogP contribution in [0.25, 0.3) is 94.1 Å². The molecule has 5 nitrogen and oxygen atoms in total. The lowest BCUT2D eigenvalue weighted by Gasteiger charge is -2.12. The quantitative estimate of drug-likeness (QED) is 0.197. The first-order valence-electron chi connectivity index (χ1n) is 16.2. The average molecular weight is 618 g/mol. The van der Waals surface area contributed by atoms with E-state index in [4.69, 9.17) is 23.8 Å². The monoisotopic (exact) mass is 617 g/mol. The van der Waals surface area contributed by atoms with Gasteiger partial charge in [-0.15, -0.1) is 0 Å². The van der Waals surface area contributed by atoms with Crippen molar-refractivity contribution in [3.63, 3.8) is 0 Å². The summed E-state index contributed by atoms with van der Waals surface area (Å²) >= 11 is 0. The molecule has 9 aromatic rings. The molecule has 48 heavy (non-hydrogen) atoms. The van der Waals surface area contributed by atoms with Crippen LogP contribution in [0.4, 0.5) is 0 Å². The second-order valence-electron chi connectivity index (χ2n) is 12.3. The van der Waals surface area contributed by atoms with Crippen molar-refractivity contribution in [2.75, 3.05) is 0 Å². The molecule has 6 aromatic carbocycles. The van der Waals surface area contributed by atoms with E-state index in [0.29, 0.717) is 17.5 Å². The van der Waals surface area contributed by atoms with Crippen molar-refractivity contribution < 1.29 is 8.83 Å². The maximum Gasteiger partial charge on any atom is 0.164 e. The first-order valence-corrected chi connectivity index (χ1v) is 16.2. The maximum atomic E-state index is 6.52. The number of benzene rings is 6. The molecule has 0 fully saturated rings. The van der Waals surface area contributed by atoms with E-state index in [9.17, 15) is 0 Å². The summed E-state index contributed by atoms with van der Waals surface area (Å²) in [6.45, 7) is 0. The summed E-state index contributed by atoms with van der Waals surface area (Å²) in [4.78, 5) is 15.4. The van der Waals surface area contributed by atoms with Gasteiger partial charge >= 0.3 is 0 Å². The standard InChI is InChI=1S/C43H27N3O2/c1-2-11-27(12-3-1)41-44-42(30-19-18-26-10-4-5-13-28(26)22-30)46-43(45-41)35-24-31(25-39-40(35)33-15-7-9-17-37(33)48-39)29-20-21-38-34(23-29)32-14-6-8-16-36(32)47-38/h2,4-25H,1,3H2. The van der Waals surface area contributed by atoms with Crippen LogP contribution in [0, 0.1) is 0 Å². The van der Waals surface area contributed by atoms with Gasteiger partial charge in [0.2, 0.25) is 0 Å². The fourth-order valence-electron chi connectivity index (χ4n) is 6.97. The molecule has 0 saturated heterocycles. The summed E-state index contributed by atoms with van der Waals surface area (Å²) in [5.74, 6) is 1.91. The molecule has 0 spiro atoms. The number of para-hydroxylation sites is 2. The second-order valence-corrected chi connectivity index (χ2v) is 12.3. The molecule has 3 heterocycles. The van der Waals surface area contributed by atoms with Crippen LogP contribution in [0.15, 0.2) is 148 Å². The summed E-state index contributed by atoms with van der Waals surface area (Å²) < 4.78 is 12.7. The van der Waals surface area contributed by atoms with E-state index in [1.54, 1.807) is 0 Å². The molecule has 0 N–H and O–H groups in total. The van der Waals surface area contributed by atoms with E-state index in [2.05, 4.69) is 97.1 Å². The number of nitrogens with zero attached hydrogens (tertiary/aromatic N) is 3. The van der Waals surface area contributed by atoms with E-state index in [-0.39, 0.29) is 0 Å². The Labute approximate surface area is 275 Å². The fraction of sp³-hybridized carbons (Fsp3) is 0.0465. The predicted molar refractivity (Wildman–Crippen MR) is 195 cm³/mol. The molecular formula is C43H27N3O2. The van der Waals surface area contributed by atoms with Crippen LogP contribution in [-0.2, 0) is 0 Å². The van der Waals surface area contributed by atoms with E-state index in [1.165, 1.54) is 5.39 Å². The molecule has 0 amide bonds. The zero-order valence-electron chi connectivity index (χ0n) is 25.9.